The fraction of sp³-hybridized carbons (Fsp3) is 0.375. The second-order valence-electron chi connectivity index (χ2n) is 2.47. The number of ether oxygens (including phenoxy) is 1. The number of halogens is 3. The maximum absolute atomic E-state index is 12.2. The summed E-state index contributed by atoms with van der Waals surface area (Å²) >= 11 is 5.62. The van der Waals surface area contributed by atoms with E-state index >= 15 is 0 Å². The Balaban J connectivity index is 3.22. The van der Waals surface area contributed by atoms with E-state index < -0.39 is 6.43 Å². The van der Waals surface area contributed by atoms with Crippen molar-refractivity contribution in [2.75, 3.05) is 7.11 Å². The quantitative estimate of drug-likeness (QED) is 0.696. The molecule has 0 radical (unpaired) electrons. The van der Waals surface area contributed by atoms with Crippen molar-refractivity contribution in [3.63, 3.8) is 0 Å². The average molecular weight is 208 g/mol. The van der Waals surface area contributed by atoms with Gasteiger partial charge >= 0.3 is 0 Å². The van der Waals surface area contributed by atoms with Gasteiger partial charge in [0.15, 0.2) is 0 Å². The van der Waals surface area contributed by atoms with Crippen LogP contribution >= 0.6 is 11.6 Å². The summed E-state index contributed by atoms with van der Waals surface area (Å²) in [5, 5.41) is 0.0506. The summed E-state index contributed by atoms with van der Waals surface area (Å²) in [4.78, 5) is 3.52. The summed E-state index contributed by atoms with van der Waals surface area (Å²) < 4.78 is 29.3. The number of nitrogens with zero attached hydrogens (tertiary/aromatic N) is 1. The Labute approximate surface area is 79.5 Å². The summed E-state index contributed by atoms with van der Waals surface area (Å²) in [5.74, 6) is 0.329. The lowest BCUT2D eigenvalue weighted by Crippen LogP contribution is -1.96. The zero-order valence-electron chi connectivity index (χ0n) is 7.14. The van der Waals surface area contributed by atoms with Gasteiger partial charge < -0.3 is 4.74 Å². The van der Waals surface area contributed by atoms with Gasteiger partial charge in [-0.15, -0.1) is 0 Å². The highest BCUT2D eigenvalue weighted by atomic mass is 35.5. The Bertz CT molecular complexity index is 317. The minimum atomic E-state index is -2.63. The lowest BCUT2D eigenvalue weighted by atomic mass is 10.2. The third-order valence-corrected chi connectivity index (χ3v) is 2.00. The third-order valence-electron chi connectivity index (χ3n) is 1.63. The van der Waals surface area contributed by atoms with Gasteiger partial charge in [-0.25, -0.2) is 13.8 Å². The van der Waals surface area contributed by atoms with Gasteiger partial charge in [-0.3, -0.25) is 0 Å². The van der Waals surface area contributed by atoms with E-state index in [1.54, 1.807) is 6.92 Å². The summed E-state index contributed by atoms with van der Waals surface area (Å²) in [6, 6.07) is 1.19. The first-order valence-corrected chi connectivity index (χ1v) is 3.93. The van der Waals surface area contributed by atoms with Crippen molar-refractivity contribution in [2.24, 2.45) is 0 Å². The molecule has 0 unspecified atom stereocenters. The third kappa shape index (κ3) is 2.06. The fourth-order valence-corrected chi connectivity index (χ4v) is 1.09. The molecule has 1 rings (SSSR count). The van der Waals surface area contributed by atoms with Crippen LogP contribution in [0, 0.1) is 6.92 Å². The molecule has 0 atom stereocenters. The van der Waals surface area contributed by atoms with Crippen molar-refractivity contribution < 1.29 is 13.5 Å². The van der Waals surface area contributed by atoms with Gasteiger partial charge in [-0.05, 0) is 6.92 Å². The Morgan fingerprint density at radius 3 is 2.62 bits per heavy atom. The highest BCUT2D eigenvalue weighted by molar-refractivity contribution is 6.30. The second-order valence-corrected chi connectivity index (χ2v) is 2.82. The summed E-state index contributed by atoms with van der Waals surface area (Å²) in [6.07, 6.45) is -2.63. The molecule has 0 N–H and O–H groups in total. The highest BCUT2D eigenvalue weighted by Crippen LogP contribution is 2.28. The molecule has 0 aliphatic rings. The first-order valence-electron chi connectivity index (χ1n) is 3.55. The molecule has 5 heteroatoms. The molecule has 0 amide bonds. The normalized spacial score (nSPS) is 10.6. The number of aromatic nitrogens is 1. The lowest BCUT2D eigenvalue weighted by molar-refractivity contribution is 0.145. The van der Waals surface area contributed by atoms with E-state index in [-0.39, 0.29) is 10.8 Å². The molecule has 72 valence electrons. The van der Waals surface area contributed by atoms with Crippen LogP contribution in [0.5, 0.6) is 5.75 Å². The van der Waals surface area contributed by atoms with Crippen LogP contribution in [0.4, 0.5) is 8.78 Å². The van der Waals surface area contributed by atoms with Crippen LogP contribution in [0.25, 0.3) is 0 Å². The van der Waals surface area contributed by atoms with Crippen molar-refractivity contribution in [1.29, 1.82) is 0 Å². The molecule has 0 aliphatic heterocycles. The van der Waals surface area contributed by atoms with Gasteiger partial charge in [0.05, 0.1) is 7.11 Å². The lowest BCUT2D eigenvalue weighted by Gasteiger charge is -2.07. The second kappa shape index (κ2) is 3.87. The van der Waals surface area contributed by atoms with E-state index in [1.165, 1.54) is 13.2 Å². The van der Waals surface area contributed by atoms with Crippen LogP contribution in [0.1, 0.15) is 17.7 Å². The smallest absolute Gasteiger partial charge is 0.280 e. The number of hydrogen-bond donors (Lipinski definition) is 0. The van der Waals surface area contributed by atoms with Gasteiger partial charge in [0, 0.05) is 11.6 Å². The molecule has 1 aromatic rings. The number of pyridine rings is 1. The monoisotopic (exact) mass is 207 g/mol. The molecule has 1 heterocycles. The maximum Gasteiger partial charge on any atom is 0.280 e. The Kier molecular flexibility index (Phi) is 3.03. The number of hydrogen-bond acceptors (Lipinski definition) is 2. The fourth-order valence-electron chi connectivity index (χ4n) is 0.898. The molecule has 0 spiro atoms. The van der Waals surface area contributed by atoms with E-state index in [0.29, 0.717) is 11.3 Å². The van der Waals surface area contributed by atoms with Crippen molar-refractivity contribution in [2.45, 2.75) is 13.3 Å². The topological polar surface area (TPSA) is 22.1 Å². The maximum atomic E-state index is 12.2. The van der Waals surface area contributed by atoms with Crippen LogP contribution in [0.2, 0.25) is 5.15 Å². The SMILES string of the molecule is COc1cc(C(F)F)nc(Cl)c1C. The summed E-state index contributed by atoms with van der Waals surface area (Å²) in [6.45, 7) is 1.66. The van der Waals surface area contributed by atoms with Crippen molar-refractivity contribution in [3.05, 3.63) is 22.5 Å². The number of rotatable bonds is 2. The van der Waals surface area contributed by atoms with Crippen LogP contribution in [0.15, 0.2) is 6.07 Å². The molecule has 2 nitrogen and oxygen atoms in total. The summed E-state index contributed by atoms with van der Waals surface area (Å²) in [5.41, 5.74) is 0.195. The Morgan fingerprint density at radius 1 is 1.54 bits per heavy atom. The minimum absolute atomic E-state index is 0.0506. The molecular weight excluding hydrogens is 200 g/mol. The molecule has 0 fully saturated rings. The zero-order valence-corrected chi connectivity index (χ0v) is 7.90. The highest BCUT2D eigenvalue weighted by Gasteiger charge is 2.14. The largest absolute Gasteiger partial charge is 0.496 e. The van der Waals surface area contributed by atoms with Crippen LogP contribution in [-0.2, 0) is 0 Å². The van der Waals surface area contributed by atoms with Crippen LogP contribution < -0.4 is 4.74 Å². The van der Waals surface area contributed by atoms with Crippen molar-refractivity contribution in [3.8, 4) is 5.75 Å². The Hall–Kier alpha value is -0.900. The van der Waals surface area contributed by atoms with Crippen molar-refractivity contribution in [1.82, 2.24) is 4.98 Å². The molecule has 1 aromatic heterocycles. The number of alkyl halides is 2. The van der Waals surface area contributed by atoms with Gasteiger partial charge in [-0.2, -0.15) is 0 Å². The predicted octanol–water partition coefficient (Wildman–Crippen LogP) is 2.99. The molecular formula is C8H8ClF2NO. The molecule has 0 bridgehead atoms. The first kappa shape index (κ1) is 10.2. The Morgan fingerprint density at radius 2 is 2.15 bits per heavy atom. The first-order chi connectivity index (χ1) is 6.06. The van der Waals surface area contributed by atoms with E-state index in [4.69, 9.17) is 16.3 Å². The molecule has 0 aromatic carbocycles. The zero-order chi connectivity index (χ0) is 10.0. The van der Waals surface area contributed by atoms with E-state index in [0.717, 1.165) is 0 Å². The van der Waals surface area contributed by atoms with Gasteiger partial charge in [0.2, 0.25) is 0 Å². The van der Waals surface area contributed by atoms with E-state index in [1.807, 2.05) is 0 Å². The van der Waals surface area contributed by atoms with Gasteiger partial charge in [-0.1, -0.05) is 11.6 Å². The average Bonchev–Trinajstić information content (AvgIpc) is 2.09. The summed E-state index contributed by atoms with van der Waals surface area (Å²) in [7, 11) is 1.40. The van der Waals surface area contributed by atoms with Gasteiger partial charge in [0.1, 0.15) is 16.6 Å². The van der Waals surface area contributed by atoms with Crippen LogP contribution in [0.3, 0.4) is 0 Å². The van der Waals surface area contributed by atoms with Gasteiger partial charge in [0.25, 0.3) is 6.43 Å². The van der Waals surface area contributed by atoms with Crippen molar-refractivity contribution >= 4 is 11.6 Å². The van der Waals surface area contributed by atoms with E-state index in [9.17, 15) is 8.78 Å². The molecule has 0 aliphatic carbocycles. The molecule has 0 saturated carbocycles. The molecule has 13 heavy (non-hydrogen) atoms. The molecule has 0 saturated heterocycles. The van der Waals surface area contributed by atoms with E-state index in [2.05, 4.69) is 4.98 Å². The number of methoxy groups -OCH3 is 1. The predicted molar refractivity (Wildman–Crippen MR) is 45.5 cm³/mol. The minimum Gasteiger partial charge on any atom is -0.496 e. The van der Waals surface area contributed by atoms with Crippen LogP contribution in [-0.4, -0.2) is 12.1 Å². The standard InChI is InChI=1S/C8H8ClF2NO/c1-4-6(13-2)3-5(8(10)11)12-7(4)9/h3,8H,1-2H3.